The van der Waals surface area contributed by atoms with Gasteiger partial charge in [0.15, 0.2) is 0 Å². The van der Waals surface area contributed by atoms with Gasteiger partial charge in [-0.15, -0.1) is 0 Å². The molecule has 14 nitrogen and oxygen atoms in total. The predicted octanol–water partition coefficient (Wildman–Crippen LogP) is 9.03. The molecule has 0 aliphatic carbocycles. The van der Waals surface area contributed by atoms with E-state index in [4.69, 9.17) is 34.8 Å². The van der Waals surface area contributed by atoms with Crippen LogP contribution < -0.4 is 20.1 Å². The first kappa shape index (κ1) is 41.7. The van der Waals surface area contributed by atoms with Crippen LogP contribution in [0.15, 0.2) is 144 Å². The van der Waals surface area contributed by atoms with Crippen LogP contribution in [0.5, 0.6) is 0 Å². The molecule has 0 aliphatic heterocycles. The van der Waals surface area contributed by atoms with Crippen LogP contribution >= 0.6 is 34.8 Å². The standard InChI is InChI=1S/C39H33Cl3N8O6S2/c1-26-21-31(13-18-34(26)40)47-57(53,54)32-14-9-29(10-15-32)45-38(51)49(24-27-5-3-19-43-22-27)50(25-28-6-4-20-44-23-28)39(52)46-30-11-16-33(17-12-30)58(55,56)48-36-8-2-7-35(41)37(36)42/h2-23,47-48H,24-25H2,1H3,(H,45,51)(H,46,52). The lowest BCUT2D eigenvalue weighted by Gasteiger charge is -2.35. The van der Waals surface area contributed by atoms with Gasteiger partial charge in [0.25, 0.3) is 20.0 Å². The van der Waals surface area contributed by atoms with E-state index in [0.717, 1.165) is 10.0 Å². The number of sulfonamides is 2. The van der Waals surface area contributed by atoms with Crippen LogP contribution in [0.2, 0.25) is 15.1 Å². The van der Waals surface area contributed by atoms with Crippen molar-refractivity contribution in [2.24, 2.45) is 0 Å². The van der Waals surface area contributed by atoms with Gasteiger partial charge in [-0.05, 0) is 115 Å². The van der Waals surface area contributed by atoms with E-state index < -0.39 is 32.1 Å². The fourth-order valence-electron chi connectivity index (χ4n) is 5.38. The second kappa shape index (κ2) is 18.1. The minimum atomic E-state index is -4.10. The summed E-state index contributed by atoms with van der Waals surface area (Å²) in [5.41, 5.74) is 2.71. The topological polar surface area (TPSA) is 183 Å². The molecule has 4 aromatic carbocycles. The Morgan fingerprint density at radius 3 is 1.53 bits per heavy atom. The first-order chi connectivity index (χ1) is 27.7. The molecule has 0 saturated carbocycles. The highest BCUT2D eigenvalue weighted by Crippen LogP contribution is 2.31. The van der Waals surface area contributed by atoms with Crippen molar-refractivity contribution in [2.45, 2.75) is 29.8 Å². The van der Waals surface area contributed by atoms with Crippen LogP contribution in [-0.4, -0.2) is 48.9 Å². The molecule has 4 amide bonds. The summed E-state index contributed by atoms with van der Waals surface area (Å²) in [5.74, 6) is 0. The van der Waals surface area contributed by atoms with E-state index in [1.807, 2.05) is 0 Å². The number of hydrogen-bond donors (Lipinski definition) is 4. The number of halogens is 3. The molecular weight excluding hydrogens is 847 g/mol. The summed E-state index contributed by atoms with van der Waals surface area (Å²) in [6, 6.07) is 25.4. The number of carbonyl (C=O) groups excluding carboxylic acids is 2. The van der Waals surface area contributed by atoms with E-state index in [1.54, 1.807) is 74.0 Å². The van der Waals surface area contributed by atoms with Gasteiger partial charge in [0.2, 0.25) is 0 Å². The second-order valence-corrected chi connectivity index (χ2v) is 17.1. The number of nitrogens with zero attached hydrogens (tertiary/aromatic N) is 4. The van der Waals surface area contributed by atoms with Crippen LogP contribution in [0.4, 0.5) is 32.3 Å². The van der Waals surface area contributed by atoms with Gasteiger partial charge in [-0.3, -0.25) is 19.4 Å². The number of aryl methyl sites for hydroxylation is 1. The highest BCUT2D eigenvalue weighted by molar-refractivity contribution is 7.93. The van der Waals surface area contributed by atoms with E-state index >= 15 is 0 Å². The average molecular weight is 880 g/mol. The monoisotopic (exact) mass is 878 g/mol. The molecule has 298 valence electrons. The van der Waals surface area contributed by atoms with E-state index in [-0.39, 0.29) is 50.0 Å². The number of urea groups is 2. The average Bonchev–Trinajstić information content (AvgIpc) is 3.20. The number of hydrazine groups is 1. The van der Waals surface area contributed by atoms with Gasteiger partial charge in [0.05, 0.1) is 38.6 Å². The zero-order valence-corrected chi connectivity index (χ0v) is 34.2. The van der Waals surface area contributed by atoms with E-state index in [9.17, 15) is 26.4 Å². The van der Waals surface area contributed by atoms with Crippen LogP contribution in [0.25, 0.3) is 0 Å². The highest BCUT2D eigenvalue weighted by Gasteiger charge is 2.28. The molecule has 0 atom stereocenters. The summed E-state index contributed by atoms with van der Waals surface area (Å²) in [5, 5.41) is 8.50. The van der Waals surface area contributed by atoms with Crippen LogP contribution in [0, 0.1) is 6.92 Å². The van der Waals surface area contributed by atoms with Crippen molar-refractivity contribution in [1.29, 1.82) is 0 Å². The number of pyridine rings is 2. The van der Waals surface area contributed by atoms with Crippen LogP contribution in [0.3, 0.4) is 0 Å². The quantitative estimate of drug-likeness (QED) is 0.0879. The Morgan fingerprint density at radius 2 is 1.07 bits per heavy atom. The first-order valence-electron chi connectivity index (χ1n) is 17.1. The number of nitrogens with one attached hydrogen (secondary N) is 4. The Balaban J connectivity index is 1.24. The van der Waals surface area contributed by atoms with Crippen molar-refractivity contribution < 1.29 is 26.4 Å². The summed E-state index contributed by atoms with van der Waals surface area (Å²) in [6.07, 6.45) is 6.21. The van der Waals surface area contributed by atoms with E-state index in [2.05, 4.69) is 30.0 Å². The van der Waals surface area contributed by atoms with Crippen molar-refractivity contribution in [3.63, 3.8) is 0 Å². The number of amides is 4. The van der Waals surface area contributed by atoms with Crippen molar-refractivity contribution in [1.82, 2.24) is 20.0 Å². The van der Waals surface area contributed by atoms with Crippen LogP contribution in [0.1, 0.15) is 16.7 Å². The molecule has 0 bridgehead atoms. The molecule has 0 saturated heterocycles. The normalized spacial score (nSPS) is 11.3. The Kier molecular flexibility index (Phi) is 13.0. The lowest BCUT2D eigenvalue weighted by molar-refractivity contribution is 0.0466. The molecule has 0 aliphatic rings. The van der Waals surface area contributed by atoms with Gasteiger partial charge in [-0.2, -0.15) is 0 Å². The molecule has 0 unspecified atom stereocenters. The fourth-order valence-corrected chi connectivity index (χ4v) is 8.02. The SMILES string of the molecule is Cc1cc(NS(=O)(=O)c2ccc(NC(=O)N(Cc3cccnc3)N(Cc3cccnc3)C(=O)Nc3ccc(S(=O)(=O)Nc4cccc(Cl)c4Cl)cc3)cc2)ccc1Cl. The number of rotatable bonds is 12. The summed E-state index contributed by atoms with van der Waals surface area (Å²) in [7, 11) is -8.10. The van der Waals surface area contributed by atoms with Crippen molar-refractivity contribution in [2.75, 3.05) is 20.1 Å². The number of benzene rings is 4. The third kappa shape index (κ3) is 10.5. The lowest BCUT2D eigenvalue weighted by Crippen LogP contribution is -2.52. The number of hydrogen-bond acceptors (Lipinski definition) is 8. The maximum absolute atomic E-state index is 14.2. The van der Waals surface area contributed by atoms with E-state index in [0.29, 0.717) is 27.4 Å². The molecule has 19 heteroatoms. The lowest BCUT2D eigenvalue weighted by atomic mass is 10.2. The molecule has 0 radical (unpaired) electrons. The molecular formula is C39H33Cl3N8O6S2. The molecule has 0 spiro atoms. The summed E-state index contributed by atoms with van der Waals surface area (Å²) >= 11 is 18.3. The molecule has 6 aromatic rings. The van der Waals surface area contributed by atoms with Gasteiger partial charge in [0, 0.05) is 46.9 Å². The number of carbonyl (C=O) groups is 2. The van der Waals surface area contributed by atoms with Crippen molar-refractivity contribution in [3.05, 3.63) is 166 Å². The smallest absolute Gasteiger partial charge is 0.306 e. The zero-order chi connectivity index (χ0) is 41.5. The zero-order valence-electron chi connectivity index (χ0n) is 30.3. The van der Waals surface area contributed by atoms with Gasteiger partial charge in [-0.1, -0.05) is 53.0 Å². The van der Waals surface area contributed by atoms with Crippen LogP contribution in [-0.2, 0) is 33.1 Å². The molecule has 6 rings (SSSR count). The third-order valence-electron chi connectivity index (χ3n) is 8.31. The number of aromatic nitrogens is 2. The molecule has 4 N–H and O–H groups in total. The number of anilines is 4. The summed E-state index contributed by atoms with van der Waals surface area (Å²) in [4.78, 5) is 36.4. The van der Waals surface area contributed by atoms with Gasteiger partial charge in [-0.25, -0.2) is 36.4 Å². The summed E-state index contributed by atoms with van der Waals surface area (Å²) < 4.78 is 57.5. The summed E-state index contributed by atoms with van der Waals surface area (Å²) in [6.45, 7) is 1.50. The van der Waals surface area contributed by atoms with Gasteiger partial charge in [0.1, 0.15) is 0 Å². The fraction of sp³-hybridized carbons (Fsp3) is 0.0769. The van der Waals surface area contributed by atoms with Gasteiger partial charge < -0.3 is 10.6 Å². The molecule has 0 fully saturated rings. The maximum atomic E-state index is 14.2. The minimum Gasteiger partial charge on any atom is -0.306 e. The third-order valence-corrected chi connectivity index (χ3v) is 12.3. The molecule has 2 aromatic heterocycles. The minimum absolute atomic E-state index is 0.0350. The van der Waals surface area contributed by atoms with Gasteiger partial charge >= 0.3 is 12.1 Å². The predicted molar refractivity (Wildman–Crippen MR) is 225 cm³/mol. The van der Waals surface area contributed by atoms with E-state index in [1.165, 1.54) is 66.9 Å². The largest absolute Gasteiger partial charge is 0.341 e. The Morgan fingerprint density at radius 1 is 0.586 bits per heavy atom. The Labute approximate surface area is 349 Å². The highest BCUT2D eigenvalue weighted by atomic mass is 35.5. The first-order valence-corrected chi connectivity index (χ1v) is 21.2. The van der Waals surface area contributed by atoms with Crippen molar-refractivity contribution in [3.8, 4) is 0 Å². The molecule has 58 heavy (non-hydrogen) atoms. The second-order valence-electron chi connectivity index (χ2n) is 12.5. The Bertz CT molecular complexity index is 2650. The van der Waals surface area contributed by atoms with Crippen molar-refractivity contribution >= 4 is 89.7 Å². The maximum Gasteiger partial charge on any atom is 0.341 e. The molecule has 2 heterocycles. The Hall–Kier alpha value is -5.91.